The first-order valence-electron chi connectivity index (χ1n) is 5.29. The number of nitrogens with one attached hydrogen (secondary N) is 1. The summed E-state index contributed by atoms with van der Waals surface area (Å²) in [7, 11) is 0. The predicted octanol–water partition coefficient (Wildman–Crippen LogP) is 3.47. The van der Waals surface area contributed by atoms with Crippen LogP contribution in [0.25, 0.3) is 0 Å². The molecule has 15 heavy (non-hydrogen) atoms. The molecule has 0 heterocycles. The van der Waals surface area contributed by atoms with E-state index in [9.17, 15) is 4.79 Å². The Morgan fingerprint density at radius 2 is 2.27 bits per heavy atom. The minimum absolute atomic E-state index is 0.0990. The number of amides is 1. The molecule has 80 valence electrons. The summed E-state index contributed by atoms with van der Waals surface area (Å²) in [5.74, 6) is 0.700. The smallest absolute Gasteiger partial charge is 0.224 e. The van der Waals surface area contributed by atoms with E-state index in [2.05, 4.69) is 5.32 Å². The molecule has 1 fully saturated rings. The first-order chi connectivity index (χ1) is 7.24. The summed E-state index contributed by atoms with van der Waals surface area (Å²) in [5, 5.41) is 3.51. The minimum Gasteiger partial charge on any atom is -0.326 e. The van der Waals surface area contributed by atoms with Crippen LogP contribution in [0, 0.1) is 5.92 Å². The van der Waals surface area contributed by atoms with Gasteiger partial charge in [0.1, 0.15) is 0 Å². The summed E-state index contributed by atoms with van der Waals surface area (Å²) in [6, 6.07) is 7.25. The van der Waals surface area contributed by atoms with Gasteiger partial charge in [0.05, 0.1) is 0 Å². The van der Waals surface area contributed by atoms with Crippen molar-refractivity contribution in [2.24, 2.45) is 5.92 Å². The number of hydrogen-bond acceptors (Lipinski definition) is 1. The lowest BCUT2D eigenvalue weighted by atomic mass is 9.83. The van der Waals surface area contributed by atoms with Crippen LogP contribution in [-0.2, 0) is 4.79 Å². The molecule has 0 aliphatic heterocycles. The van der Waals surface area contributed by atoms with Crippen molar-refractivity contribution in [1.29, 1.82) is 0 Å². The summed E-state index contributed by atoms with van der Waals surface area (Å²) < 4.78 is 0. The van der Waals surface area contributed by atoms with Crippen LogP contribution in [0.15, 0.2) is 24.3 Å². The van der Waals surface area contributed by atoms with E-state index in [1.54, 1.807) is 12.1 Å². The monoisotopic (exact) mass is 223 g/mol. The molecule has 0 spiro atoms. The topological polar surface area (TPSA) is 29.1 Å². The molecule has 0 aromatic heterocycles. The van der Waals surface area contributed by atoms with Gasteiger partial charge in [0.2, 0.25) is 5.91 Å². The van der Waals surface area contributed by atoms with E-state index in [-0.39, 0.29) is 5.91 Å². The zero-order chi connectivity index (χ0) is 10.7. The molecule has 1 N–H and O–H groups in total. The SMILES string of the molecule is O=C(CC1CCC1)Nc1cccc(Cl)c1. The fraction of sp³-hybridized carbons (Fsp3) is 0.417. The first kappa shape index (κ1) is 10.5. The van der Waals surface area contributed by atoms with Crippen LogP contribution in [-0.4, -0.2) is 5.91 Å². The fourth-order valence-corrected chi connectivity index (χ4v) is 1.93. The maximum absolute atomic E-state index is 11.6. The highest BCUT2D eigenvalue weighted by atomic mass is 35.5. The first-order valence-corrected chi connectivity index (χ1v) is 5.67. The molecule has 2 nitrogen and oxygen atoms in total. The van der Waals surface area contributed by atoms with Crippen molar-refractivity contribution in [3.63, 3.8) is 0 Å². The average Bonchev–Trinajstić information content (AvgIpc) is 2.11. The van der Waals surface area contributed by atoms with E-state index in [0.29, 0.717) is 17.4 Å². The van der Waals surface area contributed by atoms with Crippen molar-refractivity contribution in [1.82, 2.24) is 0 Å². The van der Waals surface area contributed by atoms with Crippen molar-refractivity contribution in [3.8, 4) is 0 Å². The number of halogens is 1. The van der Waals surface area contributed by atoms with E-state index in [1.165, 1.54) is 19.3 Å². The molecule has 1 aliphatic rings. The molecule has 1 amide bonds. The number of benzene rings is 1. The molecule has 0 bridgehead atoms. The van der Waals surface area contributed by atoms with E-state index in [1.807, 2.05) is 12.1 Å². The van der Waals surface area contributed by atoms with Gasteiger partial charge in [0.25, 0.3) is 0 Å². The van der Waals surface area contributed by atoms with Gasteiger partial charge in [0.15, 0.2) is 0 Å². The van der Waals surface area contributed by atoms with Gasteiger partial charge in [-0.3, -0.25) is 4.79 Å². The van der Waals surface area contributed by atoms with Crippen molar-refractivity contribution in [2.45, 2.75) is 25.7 Å². The van der Waals surface area contributed by atoms with Gasteiger partial charge < -0.3 is 5.32 Å². The van der Waals surface area contributed by atoms with E-state index >= 15 is 0 Å². The lowest BCUT2D eigenvalue weighted by Gasteiger charge is -2.24. The highest BCUT2D eigenvalue weighted by Crippen LogP contribution is 2.29. The van der Waals surface area contributed by atoms with Crippen molar-refractivity contribution in [2.75, 3.05) is 5.32 Å². The number of carbonyl (C=O) groups excluding carboxylic acids is 1. The van der Waals surface area contributed by atoms with Crippen molar-refractivity contribution in [3.05, 3.63) is 29.3 Å². The molecule has 3 heteroatoms. The second-order valence-corrected chi connectivity index (χ2v) is 4.50. The zero-order valence-electron chi connectivity index (χ0n) is 8.50. The molecule has 0 atom stereocenters. The number of rotatable bonds is 3. The summed E-state index contributed by atoms with van der Waals surface area (Å²) in [5.41, 5.74) is 0.784. The summed E-state index contributed by atoms with van der Waals surface area (Å²) in [6.07, 6.45) is 4.31. The summed E-state index contributed by atoms with van der Waals surface area (Å²) in [4.78, 5) is 11.6. The largest absolute Gasteiger partial charge is 0.326 e. The molecule has 0 radical (unpaired) electrons. The molecule has 1 saturated carbocycles. The highest BCUT2D eigenvalue weighted by Gasteiger charge is 2.20. The standard InChI is InChI=1S/C12H14ClNO/c13-10-5-2-6-11(8-10)14-12(15)7-9-3-1-4-9/h2,5-6,8-9H,1,3-4,7H2,(H,14,15). The minimum atomic E-state index is 0.0990. The molecular weight excluding hydrogens is 210 g/mol. The Hall–Kier alpha value is -1.02. The predicted molar refractivity (Wildman–Crippen MR) is 62.0 cm³/mol. The van der Waals surface area contributed by atoms with E-state index in [0.717, 1.165) is 5.69 Å². The van der Waals surface area contributed by atoms with Crippen LogP contribution in [0.4, 0.5) is 5.69 Å². The molecule has 0 saturated heterocycles. The molecular formula is C12H14ClNO. The third-order valence-corrected chi connectivity index (χ3v) is 3.04. The van der Waals surface area contributed by atoms with Crippen molar-refractivity contribution >= 4 is 23.2 Å². The lowest BCUT2D eigenvalue weighted by molar-refractivity contribution is -0.117. The zero-order valence-corrected chi connectivity index (χ0v) is 9.26. The maximum atomic E-state index is 11.6. The van der Waals surface area contributed by atoms with Crippen LogP contribution in [0.2, 0.25) is 5.02 Å². The Morgan fingerprint density at radius 1 is 1.47 bits per heavy atom. The lowest BCUT2D eigenvalue weighted by Crippen LogP contribution is -2.20. The Labute approximate surface area is 94.6 Å². The van der Waals surface area contributed by atoms with Crippen LogP contribution in [0.3, 0.4) is 0 Å². The molecule has 1 aliphatic carbocycles. The molecule has 1 aromatic carbocycles. The number of anilines is 1. The Morgan fingerprint density at radius 3 is 2.87 bits per heavy atom. The Balaban J connectivity index is 1.87. The number of hydrogen-bond donors (Lipinski definition) is 1. The van der Waals surface area contributed by atoms with Gasteiger partial charge in [-0.05, 0) is 37.0 Å². The third kappa shape index (κ3) is 2.96. The van der Waals surface area contributed by atoms with Crippen LogP contribution < -0.4 is 5.32 Å². The normalized spacial score (nSPS) is 15.8. The highest BCUT2D eigenvalue weighted by molar-refractivity contribution is 6.30. The second-order valence-electron chi connectivity index (χ2n) is 4.06. The second kappa shape index (κ2) is 4.67. The molecule has 0 unspecified atom stereocenters. The van der Waals surface area contributed by atoms with Gasteiger partial charge in [-0.15, -0.1) is 0 Å². The van der Waals surface area contributed by atoms with Gasteiger partial charge >= 0.3 is 0 Å². The van der Waals surface area contributed by atoms with Crippen molar-refractivity contribution < 1.29 is 4.79 Å². The van der Waals surface area contributed by atoms with Gasteiger partial charge in [-0.2, -0.15) is 0 Å². The summed E-state index contributed by atoms with van der Waals surface area (Å²) in [6.45, 7) is 0. The van der Waals surface area contributed by atoms with Crippen LogP contribution in [0.1, 0.15) is 25.7 Å². The number of carbonyl (C=O) groups is 1. The quantitative estimate of drug-likeness (QED) is 0.836. The van der Waals surface area contributed by atoms with Crippen LogP contribution >= 0.6 is 11.6 Å². The Bertz CT molecular complexity index is 360. The third-order valence-electron chi connectivity index (χ3n) is 2.81. The Kier molecular flexibility index (Phi) is 3.27. The van der Waals surface area contributed by atoms with Crippen LogP contribution in [0.5, 0.6) is 0 Å². The van der Waals surface area contributed by atoms with E-state index < -0.39 is 0 Å². The maximum Gasteiger partial charge on any atom is 0.224 e. The fourth-order valence-electron chi connectivity index (χ4n) is 1.74. The van der Waals surface area contributed by atoms with E-state index in [4.69, 9.17) is 11.6 Å². The van der Waals surface area contributed by atoms with Gasteiger partial charge in [-0.1, -0.05) is 24.1 Å². The summed E-state index contributed by atoms with van der Waals surface area (Å²) >= 11 is 5.82. The molecule has 1 aromatic rings. The van der Waals surface area contributed by atoms with Gasteiger partial charge in [-0.25, -0.2) is 0 Å². The van der Waals surface area contributed by atoms with Gasteiger partial charge in [0, 0.05) is 17.1 Å². The molecule has 2 rings (SSSR count). The average molecular weight is 224 g/mol.